The molecular formula is C17H25FN2O3S. The van der Waals surface area contributed by atoms with Gasteiger partial charge in [-0.15, -0.1) is 0 Å². The molecular weight excluding hydrogens is 331 g/mol. The molecule has 1 unspecified atom stereocenters. The van der Waals surface area contributed by atoms with Gasteiger partial charge in [0.15, 0.2) is 0 Å². The summed E-state index contributed by atoms with van der Waals surface area (Å²) < 4.78 is 49.0. The summed E-state index contributed by atoms with van der Waals surface area (Å²) in [4.78, 5) is 0. The summed E-state index contributed by atoms with van der Waals surface area (Å²) in [5, 5.41) is 0. The molecule has 5 nitrogen and oxygen atoms in total. The molecule has 3 rings (SSSR count). The molecule has 2 aliphatic rings. The lowest BCUT2D eigenvalue weighted by molar-refractivity contribution is 0.280. The Morgan fingerprint density at radius 2 is 1.92 bits per heavy atom. The number of hydrogen-bond acceptors (Lipinski definition) is 3. The van der Waals surface area contributed by atoms with Crippen molar-refractivity contribution in [1.29, 1.82) is 0 Å². The molecule has 1 fully saturated rings. The summed E-state index contributed by atoms with van der Waals surface area (Å²) >= 11 is 0. The van der Waals surface area contributed by atoms with Gasteiger partial charge in [0.05, 0.1) is 12.6 Å². The average molecular weight is 356 g/mol. The highest BCUT2D eigenvalue weighted by Gasteiger charge is 2.31. The van der Waals surface area contributed by atoms with Crippen molar-refractivity contribution in [3.8, 4) is 5.75 Å². The minimum absolute atomic E-state index is 0.0465. The number of halogens is 1. The Labute approximate surface area is 143 Å². The Hall–Kier alpha value is -1.18. The van der Waals surface area contributed by atoms with Crippen LogP contribution in [-0.2, 0) is 10.2 Å². The monoisotopic (exact) mass is 356 g/mol. The Morgan fingerprint density at radius 3 is 2.67 bits per heavy atom. The van der Waals surface area contributed by atoms with Gasteiger partial charge in [-0.1, -0.05) is 19.3 Å². The van der Waals surface area contributed by atoms with Crippen molar-refractivity contribution in [2.45, 2.75) is 57.0 Å². The molecule has 0 bridgehead atoms. The van der Waals surface area contributed by atoms with Crippen LogP contribution in [0.15, 0.2) is 18.2 Å². The van der Waals surface area contributed by atoms with E-state index in [0.29, 0.717) is 24.3 Å². The van der Waals surface area contributed by atoms with Crippen molar-refractivity contribution in [3.05, 3.63) is 29.6 Å². The standard InChI is InChI=1S/C17H25FN2O3S/c1-20(14-6-3-2-4-7-14)24(21,22)19-16-8-5-11-23-17-10-9-13(18)12-15(16)17/h9-10,12,14,16,19H,2-8,11H2,1H3. The second kappa shape index (κ2) is 7.37. The lowest BCUT2D eigenvalue weighted by Gasteiger charge is -2.31. The van der Waals surface area contributed by atoms with Gasteiger partial charge in [0, 0.05) is 18.7 Å². The molecule has 1 aromatic carbocycles. The zero-order chi connectivity index (χ0) is 17.2. The van der Waals surface area contributed by atoms with Crippen molar-refractivity contribution in [2.75, 3.05) is 13.7 Å². The number of nitrogens with one attached hydrogen (secondary N) is 1. The topological polar surface area (TPSA) is 58.6 Å². The molecule has 0 radical (unpaired) electrons. The van der Waals surface area contributed by atoms with Crippen LogP contribution in [-0.4, -0.2) is 32.4 Å². The predicted molar refractivity (Wildman–Crippen MR) is 90.6 cm³/mol. The van der Waals surface area contributed by atoms with Gasteiger partial charge in [-0.05, 0) is 43.9 Å². The largest absolute Gasteiger partial charge is 0.493 e. The maximum atomic E-state index is 13.6. The Balaban J connectivity index is 1.80. The first-order valence-electron chi connectivity index (χ1n) is 8.65. The van der Waals surface area contributed by atoms with Crippen LogP contribution < -0.4 is 9.46 Å². The number of ether oxygens (including phenoxy) is 1. The van der Waals surface area contributed by atoms with Crippen LogP contribution in [0.25, 0.3) is 0 Å². The van der Waals surface area contributed by atoms with Gasteiger partial charge >= 0.3 is 0 Å². The average Bonchev–Trinajstić information content (AvgIpc) is 2.77. The molecule has 1 aromatic rings. The quantitative estimate of drug-likeness (QED) is 0.902. The van der Waals surface area contributed by atoms with E-state index in [4.69, 9.17) is 4.74 Å². The highest BCUT2D eigenvalue weighted by atomic mass is 32.2. The van der Waals surface area contributed by atoms with E-state index >= 15 is 0 Å². The Kier molecular flexibility index (Phi) is 5.42. The van der Waals surface area contributed by atoms with Gasteiger partial charge in [0.1, 0.15) is 11.6 Å². The van der Waals surface area contributed by atoms with Gasteiger partial charge in [-0.25, -0.2) is 4.39 Å². The van der Waals surface area contributed by atoms with E-state index in [-0.39, 0.29) is 11.9 Å². The lowest BCUT2D eigenvalue weighted by Crippen LogP contribution is -2.46. The molecule has 0 aromatic heterocycles. The first kappa shape index (κ1) is 17.6. The summed E-state index contributed by atoms with van der Waals surface area (Å²) in [6.45, 7) is 0.509. The molecule has 1 heterocycles. The van der Waals surface area contributed by atoms with Gasteiger partial charge in [0.25, 0.3) is 10.2 Å². The van der Waals surface area contributed by atoms with Crippen molar-refractivity contribution < 1.29 is 17.5 Å². The smallest absolute Gasteiger partial charge is 0.280 e. The summed E-state index contributed by atoms with van der Waals surface area (Å²) in [5.41, 5.74) is 0.577. The maximum Gasteiger partial charge on any atom is 0.280 e. The van der Waals surface area contributed by atoms with Gasteiger partial charge in [-0.3, -0.25) is 0 Å². The number of rotatable bonds is 4. The van der Waals surface area contributed by atoms with E-state index in [2.05, 4.69) is 4.72 Å². The number of hydrogen-bond donors (Lipinski definition) is 1. The van der Waals surface area contributed by atoms with E-state index in [1.807, 2.05) is 0 Å². The van der Waals surface area contributed by atoms with Crippen LogP contribution in [0.5, 0.6) is 5.75 Å². The second-order valence-corrected chi connectivity index (χ2v) is 8.42. The third kappa shape index (κ3) is 3.90. The minimum atomic E-state index is -3.63. The third-order valence-corrected chi connectivity index (χ3v) is 6.64. The fourth-order valence-electron chi connectivity index (χ4n) is 3.57. The molecule has 1 aliphatic heterocycles. The first-order valence-corrected chi connectivity index (χ1v) is 10.1. The van der Waals surface area contributed by atoms with Crippen molar-refractivity contribution >= 4 is 10.2 Å². The zero-order valence-electron chi connectivity index (χ0n) is 14.0. The Bertz CT molecular complexity index is 674. The molecule has 1 saturated carbocycles. The van der Waals surface area contributed by atoms with Crippen molar-refractivity contribution in [2.24, 2.45) is 0 Å². The molecule has 1 aliphatic carbocycles. The number of fused-ring (bicyclic) bond motifs is 1. The second-order valence-electron chi connectivity index (χ2n) is 6.66. The molecule has 1 N–H and O–H groups in total. The summed E-state index contributed by atoms with van der Waals surface area (Å²) in [6, 6.07) is 3.86. The summed E-state index contributed by atoms with van der Waals surface area (Å²) in [5.74, 6) is 0.172. The van der Waals surface area contributed by atoms with Crippen LogP contribution >= 0.6 is 0 Å². The van der Waals surface area contributed by atoms with E-state index < -0.39 is 16.3 Å². The predicted octanol–water partition coefficient (Wildman–Crippen LogP) is 3.14. The van der Waals surface area contributed by atoms with Crippen LogP contribution in [0, 0.1) is 5.82 Å². The van der Waals surface area contributed by atoms with Crippen molar-refractivity contribution in [1.82, 2.24) is 9.03 Å². The molecule has 1 atom stereocenters. The SMILES string of the molecule is CN(C1CCCCC1)S(=O)(=O)NC1CCCOc2ccc(F)cc21. The van der Waals surface area contributed by atoms with Crippen LogP contribution in [0.1, 0.15) is 56.6 Å². The summed E-state index contributed by atoms with van der Waals surface area (Å²) in [7, 11) is -1.99. The van der Waals surface area contributed by atoms with Crippen LogP contribution in [0.3, 0.4) is 0 Å². The van der Waals surface area contributed by atoms with Gasteiger partial charge in [-0.2, -0.15) is 17.4 Å². The maximum absolute atomic E-state index is 13.6. The molecule has 134 valence electrons. The fraction of sp³-hybridized carbons (Fsp3) is 0.647. The van der Waals surface area contributed by atoms with E-state index in [9.17, 15) is 12.8 Å². The minimum Gasteiger partial charge on any atom is -0.493 e. The van der Waals surface area contributed by atoms with E-state index in [0.717, 1.165) is 32.1 Å². The number of nitrogens with zero attached hydrogens (tertiary/aromatic N) is 1. The zero-order valence-corrected chi connectivity index (χ0v) is 14.8. The third-order valence-electron chi connectivity index (χ3n) is 5.00. The molecule has 0 amide bonds. The summed E-state index contributed by atoms with van der Waals surface area (Å²) in [6.07, 6.45) is 6.41. The highest BCUT2D eigenvalue weighted by Crippen LogP contribution is 2.33. The van der Waals surface area contributed by atoms with Crippen LogP contribution in [0.2, 0.25) is 0 Å². The van der Waals surface area contributed by atoms with Gasteiger partial charge < -0.3 is 4.74 Å². The lowest BCUT2D eigenvalue weighted by atomic mass is 9.96. The molecule has 7 heteroatoms. The molecule has 0 spiro atoms. The molecule has 24 heavy (non-hydrogen) atoms. The van der Waals surface area contributed by atoms with Crippen molar-refractivity contribution in [3.63, 3.8) is 0 Å². The highest BCUT2D eigenvalue weighted by molar-refractivity contribution is 7.87. The molecule has 0 saturated heterocycles. The Morgan fingerprint density at radius 1 is 1.17 bits per heavy atom. The normalized spacial score (nSPS) is 22.7. The van der Waals surface area contributed by atoms with E-state index in [1.54, 1.807) is 13.1 Å². The van der Waals surface area contributed by atoms with E-state index in [1.165, 1.54) is 22.9 Å². The van der Waals surface area contributed by atoms with Gasteiger partial charge in [0.2, 0.25) is 0 Å². The van der Waals surface area contributed by atoms with Crippen LogP contribution in [0.4, 0.5) is 4.39 Å². The first-order chi connectivity index (χ1) is 11.5. The number of benzene rings is 1. The fourth-order valence-corrected chi connectivity index (χ4v) is 4.95.